The van der Waals surface area contributed by atoms with Gasteiger partial charge in [0.1, 0.15) is 5.82 Å². The number of hydrogen-bond acceptors (Lipinski definition) is 2. The molecule has 0 bridgehead atoms. The summed E-state index contributed by atoms with van der Waals surface area (Å²) in [5.74, 6) is 0.549. The van der Waals surface area contributed by atoms with Crippen molar-refractivity contribution in [2.45, 2.75) is 19.8 Å². The molecule has 2 nitrogen and oxygen atoms in total. The maximum atomic E-state index is 13.7. The highest BCUT2D eigenvalue weighted by molar-refractivity contribution is 9.10. The molecule has 0 aliphatic rings. The van der Waals surface area contributed by atoms with Gasteiger partial charge in [-0.25, -0.2) is 9.37 Å². The molecule has 0 atom stereocenters. The first kappa shape index (κ1) is 14.0. The second-order valence-electron chi connectivity index (χ2n) is 4.60. The van der Waals surface area contributed by atoms with Gasteiger partial charge in [-0.2, -0.15) is 0 Å². The quantitative estimate of drug-likeness (QED) is 0.810. The van der Waals surface area contributed by atoms with Crippen molar-refractivity contribution >= 4 is 15.9 Å². The molecule has 0 N–H and O–H groups in total. The van der Waals surface area contributed by atoms with Crippen LogP contribution < -0.4 is 4.74 Å². The van der Waals surface area contributed by atoms with Crippen LogP contribution in [0.2, 0.25) is 0 Å². The van der Waals surface area contributed by atoms with Crippen LogP contribution in [0.15, 0.2) is 34.9 Å². The van der Waals surface area contributed by atoms with E-state index >= 15 is 0 Å². The summed E-state index contributed by atoms with van der Waals surface area (Å²) in [4.78, 5) is 4.15. The second-order valence-corrected chi connectivity index (χ2v) is 5.39. The fraction of sp³-hybridized carbons (Fsp3) is 0.267. The maximum absolute atomic E-state index is 13.7. The number of aromatic nitrogens is 1. The van der Waals surface area contributed by atoms with Crippen LogP contribution in [0.3, 0.4) is 0 Å². The highest BCUT2D eigenvalue weighted by Gasteiger charge is 2.13. The summed E-state index contributed by atoms with van der Waals surface area (Å²) in [6.07, 6.45) is 1.68. The van der Waals surface area contributed by atoms with Gasteiger partial charge in [-0.15, -0.1) is 0 Å². The molecule has 2 aromatic rings. The van der Waals surface area contributed by atoms with Crippen molar-refractivity contribution < 1.29 is 9.13 Å². The van der Waals surface area contributed by atoms with E-state index in [4.69, 9.17) is 4.74 Å². The Kier molecular flexibility index (Phi) is 4.20. The molecule has 0 unspecified atom stereocenters. The van der Waals surface area contributed by atoms with E-state index in [2.05, 4.69) is 20.9 Å². The van der Waals surface area contributed by atoms with Gasteiger partial charge < -0.3 is 4.74 Å². The van der Waals surface area contributed by atoms with E-state index in [1.165, 1.54) is 6.07 Å². The first-order chi connectivity index (χ1) is 9.02. The topological polar surface area (TPSA) is 22.1 Å². The fourth-order valence-electron chi connectivity index (χ4n) is 1.90. The summed E-state index contributed by atoms with van der Waals surface area (Å²) in [6.45, 7) is 4.07. The zero-order valence-electron chi connectivity index (χ0n) is 11.1. The third-order valence-electron chi connectivity index (χ3n) is 2.94. The van der Waals surface area contributed by atoms with Crippen LogP contribution in [-0.2, 0) is 0 Å². The van der Waals surface area contributed by atoms with Crippen molar-refractivity contribution in [3.8, 4) is 17.0 Å². The Labute approximate surface area is 120 Å². The van der Waals surface area contributed by atoms with E-state index in [1.807, 2.05) is 19.9 Å². The van der Waals surface area contributed by atoms with Gasteiger partial charge in [0, 0.05) is 27.9 Å². The normalized spacial score (nSPS) is 10.8. The summed E-state index contributed by atoms with van der Waals surface area (Å²) in [5.41, 5.74) is 2.61. The number of nitrogens with zero attached hydrogens (tertiary/aromatic N) is 1. The average Bonchev–Trinajstić information content (AvgIpc) is 2.41. The largest absolute Gasteiger partial charge is 0.481 e. The van der Waals surface area contributed by atoms with Crippen LogP contribution in [0.4, 0.5) is 4.39 Å². The summed E-state index contributed by atoms with van der Waals surface area (Å²) in [6, 6.07) is 6.71. The molecule has 19 heavy (non-hydrogen) atoms. The Hall–Kier alpha value is -1.42. The SMILES string of the molecule is COc1ccc(-c2cc(F)cc(C(C)C)c2Br)cn1. The zero-order valence-corrected chi connectivity index (χ0v) is 12.7. The summed E-state index contributed by atoms with van der Waals surface area (Å²) in [7, 11) is 1.57. The molecule has 0 saturated heterocycles. The second kappa shape index (κ2) is 5.70. The Morgan fingerprint density at radius 2 is 2.00 bits per heavy atom. The molecule has 100 valence electrons. The number of pyridine rings is 1. The van der Waals surface area contributed by atoms with Gasteiger partial charge in [0.15, 0.2) is 0 Å². The molecule has 0 fully saturated rings. The van der Waals surface area contributed by atoms with Gasteiger partial charge in [0.2, 0.25) is 5.88 Å². The lowest BCUT2D eigenvalue weighted by Gasteiger charge is -2.13. The minimum Gasteiger partial charge on any atom is -0.481 e. The average molecular weight is 324 g/mol. The molecule has 0 aliphatic carbocycles. The van der Waals surface area contributed by atoms with E-state index in [9.17, 15) is 4.39 Å². The lowest BCUT2D eigenvalue weighted by molar-refractivity contribution is 0.398. The molecule has 0 amide bonds. The number of rotatable bonds is 3. The molecule has 2 rings (SSSR count). The van der Waals surface area contributed by atoms with Crippen molar-refractivity contribution in [3.05, 3.63) is 46.3 Å². The van der Waals surface area contributed by atoms with Gasteiger partial charge in [-0.05, 0) is 45.6 Å². The first-order valence-corrected chi connectivity index (χ1v) is 6.81. The number of halogens is 2. The van der Waals surface area contributed by atoms with E-state index in [0.717, 1.165) is 21.2 Å². The highest BCUT2D eigenvalue weighted by atomic mass is 79.9. The summed E-state index contributed by atoms with van der Waals surface area (Å²) < 4.78 is 19.7. The van der Waals surface area contributed by atoms with Crippen LogP contribution in [0, 0.1) is 5.82 Å². The third kappa shape index (κ3) is 2.95. The summed E-state index contributed by atoms with van der Waals surface area (Å²) >= 11 is 3.56. The number of methoxy groups -OCH3 is 1. The van der Waals surface area contributed by atoms with Crippen molar-refractivity contribution in [2.24, 2.45) is 0 Å². The zero-order chi connectivity index (χ0) is 14.0. The van der Waals surface area contributed by atoms with Crippen LogP contribution in [0.25, 0.3) is 11.1 Å². The molecular formula is C15H15BrFNO. The Morgan fingerprint density at radius 1 is 1.26 bits per heavy atom. The molecule has 1 aromatic carbocycles. The van der Waals surface area contributed by atoms with E-state index < -0.39 is 0 Å². The van der Waals surface area contributed by atoms with Crippen molar-refractivity contribution in [1.82, 2.24) is 4.98 Å². The van der Waals surface area contributed by atoms with Crippen LogP contribution >= 0.6 is 15.9 Å². The number of benzene rings is 1. The monoisotopic (exact) mass is 323 g/mol. The van der Waals surface area contributed by atoms with Crippen molar-refractivity contribution in [3.63, 3.8) is 0 Å². The third-order valence-corrected chi connectivity index (χ3v) is 3.83. The Bertz CT molecular complexity index is 581. The molecule has 1 heterocycles. The molecule has 4 heteroatoms. The summed E-state index contributed by atoms with van der Waals surface area (Å²) in [5, 5.41) is 0. The lowest BCUT2D eigenvalue weighted by atomic mass is 9.98. The molecule has 0 radical (unpaired) electrons. The molecule has 1 aromatic heterocycles. The van der Waals surface area contributed by atoms with Crippen LogP contribution in [0.1, 0.15) is 25.3 Å². The molecule has 0 spiro atoms. The maximum Gasteiger partial charge on any atom is 0.212 e. The van der Waals surface area contributed by atoms with Crippen molar-refractivity contribution in [2.75, 3.05) is 7.11 Å². The first-order valence-electron chi connectivity index (χ1n) is 6.02. The standard InChI is InChI=1S/C15H15BrFNO/c1-9(2)12-6-11(17)7-13(15(12)16)10-4-5-14(19-3)18-8-10/h4-9H,1-3H3. The van der Waals surface area contributed by atoms with E-state index in [0.29, 0.717) is 5.88 Å². The Morgan fingerprint density at radius 3 is 2.53 bits per heavy atom. The highest BCUT2D eigenvalue weighted by Crippen LogP contribution is 2.35. The van der Waals surface area contributed by atoms with Gasteiger partial charge in [-0.3, -0.25) is 0 Å². The van der Waals surface area contributed by atoms with Gasteiger partial charge in [-0.1, -0.05) is 13.8 Å². The predicted octanol–water partition coefficient (Wildman–Crippen LogP) is 4.78. The Balaban J connectivity index is 2.54. The van der Waals surface area contributed by atoms with Gasteiger partial charge >= 0.3 is 0 Å². The molecule has 0 aliphatic heterocycles. The smallest absolute Gasteiger partial charge is 0.212 e. The van der Waals surface area contributed by atoms with Crippen LogP contribution in [-0.4, -0.2) is 12.1 Å². The number of hydrogen-bond donors (Lipinski definition) is 0. The van der Waals surface area contributed by atoms with Gasteiger partial charge in [0.25, 0.3) is 0 Å². The van der Waals surface area contributed by atoms with Crippen molar-refractivity contribution in [1.29, 1.82) is 0 Å². The lowest BCUT2D eigenvalue weighted by Crippen LogP contribution is -1.95. The fourth-order valence-corrected chi connectivity index (χ4v) is 2.82. The van der Waals surface area contributed by atoms with Gasteiger partial charge in [0.05, 0.1) is 7.11 Å². The molecule has 0 saturated carbocycles. The van der Waals surface area contributed by atoms with Crippen LogP contribution in [0.5, 0.6) is 5.88 Å². The van der Waals surface area contributed by atoms with E-state index in [1.54, 1.807) is 25.4 Å². The van der Waals surface area contributed by atoms with E-state index in [-0.39, 0.29) is 11.7 Å². The molecular weight excluding hydrogens is 309 g/mol. The predicted molar refractivity (Wildman–Crippen MR) is 78.0 cm³/mol. The minimum atomic E-state index is -0.238. The number of ether oxygens (including phenoxy) is 1. The minimum absolute atomic E-state index is 0.238.